The van der Waals surface area contributed by atoms with Crippen molar-refractivity contribution in [1.82, 2.24) is 19.7 Å². The standard InChI is InChI=1S/C28H32F3N5O2/c1-19(37)32-23-10-6-21(7-11-23)26-24(27(38)36-16-14-35(15-17-36)13-12-34(2)3)18-25(33-26)20-4-8-22(9-5-20)28(29,30)31/h4-11,18,33H,12-17H2,1-3H3,(H,32,37). The number of rotatable bonds is 7. The summed E-state index contributed by atoms with van der Waals surface area (Å²) in [6, 6.07) is 13.7. The molecule has 10 heteroatoms. The van der Waals surface area contributed by atoms with Crippen molar-refractivity contribution in [3.8, 4) is 22.5 Å². The average molecular weight is 528 g/mol. The molecule has 0 spiro atoms. The number of piperazine rings is 1. The SMILES string of the molecule is CC(=O)Nc1ccc(-c2[nH]c(-c3ccc(C(F)(F)F)cc3)cc2C(=O)N2CCN(CCN(C)C)CC2)cc1. The van der Waals surface area contributed by atoms with E-state index in [4.69, 9.17) is 0 Å². The minimum Gasteiger partial charge on any atom is -0.354 e. The predicted octanol–water partition coefficient (Wildman–Crippen LogP) is 4.65. The topological polar surface area (TPSA) is 71.7 Å². The van der Waals surface area contributed by atoms with Gasteiger partial charge >= 0.3 is 6.18 Å². The Labute approximate surface area is 220 Å². The molecule has 0 radical (unpaired) electrons. The summed E-state index contributed by atoms with van der Waals surface area (Å²) >= 11 is 0. The predicted molar refractivity (Wildman–Crippen MR) is 142 cm³/mol. The zero-order valence-corrected chi connectivity index (χ0v) is 21.7. The molecule has 1 aliphatic heterocycles. The fourth-order valence-electron chi connectivity index (χ4n) is 4.46. The molecule has 1 aliphatic rings. The molecule has 0 atom stereocenters. The maximum atomic E-state index is 13.7. The molecule has 2 amide bonds. The largest absolute Gasteiger partial charge is 0.416 e. The first-order valence-electron chi connectivity index (χ1n) is 12.5. The molecule has 0 unspecified atom stereocenters. The lowest BCUT2D eigenvalue weighted by Crippen LogP contribution is -2.50. The second kappa shape index (κ2) is 11.4. The Morgan fingerprint density at radius 3 is 2.11 bits per heavy atom. The van der Waals surface area contributed by atoms with Gasteiger partial charge in [0.25, 0.3) is 5.91 Å². The molecule has 4 rings (SSSR count). The number of carbonyl (C=O) groups excluding carboxylic acids is 2. The van der Waals surface area contributed by atoms with E-state index < -0.39 is 11.7 Å². The van der Waals surface area contributed by atoms with Gasteiger partial charge in [0, 0.05) is 57.6 Å². The van der Waals surface area contributed by atoms with Gasteiger partial charge in [-0.05, 0) is 55.6 Å². The highest BCUT2D eigenvalue weighted by Gasteiger charge is 2.30. The molecule has 7 nitrogen and oxygen atoms in total. The van der Waals surface area contributed by atoms with Gasteiger partial charge in [0.05, 0.1) is 16.8 Å². The molecule has 1 fully saturated rings. The number of aromatic amines is 1. The first kappa shape index (κ1) is 27.4. The highest BCUT2D eigenvalue weighted by Crippen LogP contribution is 2.34. The lowest BCUT2D eigenvalue weighted by atomic mass is 10.1. The van der Waals surface area contributed by atoms with E-state index in [0.29, 0.717) is 41.3 Å². The number of aromatic nitrogens is 1. The maximum absolute atomic E-state index is 13.7. The number of amides is 2. The summed E-state index contributed by atoms with van der Waals surface area (Å²) < 4.78 is 39.2. The number of hydrogen-bond donors (Lipinski definition) is 2. The Balaban J connectivity index is 1.62. The third kappa shape index (κ3) is 6.62. The molecule has 0 saturated carbocycles. The van der Waals surface area contributed by atoms with Crippen molar-refractivity contribution in [1.29, 1.82) is 0 Å². The number of H-pyrrole nitrogens is 1. The van der Waals surface area contributed by atoms with Crippen LogP contribution in [0.25, 0.3) is 22.5 Å². The monoisotopic (exact) mass is 527 g/mol. The van der Waals surface area contributed by atoms with E-state index in [1.54, 1.807) is 30.3 Å². The van der Waals surface area contributed by atoms with Gasteiger partial charge in [-0.15, -0.1) is 0 Å². The number of nitrogens with zero attached hydrogens (tertiary/aromatic N) is 3. The van der Waals surface area contributed by atoms with Crippen molar-refractivity contribution in [3.05, 3.63) is 65.7 Å². The Hall–Kier alpha value is -3.63. The molecule has 1 saturated heterocycles. The van der Waals surface area contributed by atoms with Crippen LogP contribution in [0.15, 0.2) is 54.6 Å². The maximum Gasteiger partial charge on any atom is 0.416 e. The molecule has 38 heavy (non-hydrogen) atoms. The van der Waals surface area contributed by atoms with Crippen molar-refractivity contribution >= 4 is 17.5 Å². The lowest BCUT2D eigenvalue weighted by Gasteiger charge is -2.35. The lowest BCUT2D eigenvalue weighted by molar-refractivity contribution is -0.137. The molecule has 1 aromatic heterocycles. The molecular formula is C28H32F3N5O2. The van der Waals surface area contributed by atoms with E-state index in [9.17, 15) is 22.8 Å². The zero-order chi connectivity index (χ0) is 27.4. The van der Waals surface area contributed by atoms with Gasteiger partial charge < -0.3 is 20.1 Å². The van der Waals surface area contributed by atoms with Crippen LogP contribution in [0.4, 0.5) is 18.9 Å². The van der Waals surface area contributed by atoms with Gasteiger partial charge in [0.2, 0.25) is 5.91 Å². The minimum atomic E-state index is -4.43. The molecule has 0 bridgehead atoms. The quantitative estimate of drug-likeness (QED) is 0.470. The summed E-state index contributed by atoms with van der Waals surface area (Å²) in [5.74, 6) is -0.324. The molecule has 2 aromatic carbocycles. The van der Waals surface area contributed by atoms with Crippen LogP contribution in [0.5, 0.6) is 0 Å². The summed E-state index contributed by atoms with van der Waals surface area (Å²) in [6.45, 7) is 6.03. The van der Waals surface area contributed by atoms with E-state index in [1.807, 2.05) is 19.0 Å². The number of halogens is 3. The van der Waals surface area contributed by atoms with Crippen molar-refractivity contribution in [3.63, 3.8) is 0 Å². The third-order valence-corrected chi connectivity index (χ3v) is 6.59. The minimum absolute atomic E-state index is 0.132. The van der Waals surface area contributed by atoms with Crippen molar-refractivity contribution in [2.24, 2.45) is 0 Å². The van der Waals surface area contributed by atoms with Gasteiger partial charge in [0.15, 0.2) is 0 Å². The summed E-state index contributed by atoms with van der Waals surface area (Å²) in [6.07, 6.45) is -4.43. The van der Waals surface area contributed by atoms with Crippen LogP contribution < -0.4 is 5.32 Å². The number of benzene rings is 2. The Bertz CT molecular complexity index is 1260. The van der Waals surface area contributed by atoms with Gasteiger partial charge in [0.1, 0.15) is 0 Å². The van der Waals surface area contributed by atoms with Gasteiger partial charge in [-0.25, -0.2) is 0 Å². The molecule has 3 aromatic rings. The number of carbonyl (C=O) groups is 2. The zero-order valence-electron chi connectivity index (χ0n) is 21.7. The Morgan fingerprint density at radius 2 is 1.55 bits per heavy atom. The van der Waals surface area contributed by atoms with Crippen LogP contribution >= 0.6 is 0 Å². The molecule has 2 N–H and O–H groups in total. The average Bonchev–Trinajstić information content (AvgIpc) is 3.32. The normalized spacial score (nSPS) is 14.7. The van der Waals surface area contributed by atoms with Gasteiger partial charge in [-0.1, -0.05) is 24.3 Å². The second-order valence-corrected chi connectivity index (χ2v) is 9.74. The molecule has 0 aliphatic carbocycles. The van der Waals surface area contributed by atoms with E-state index in [1.165, 1.54) is 19.1 Å². The summed E-state index contributed by atoms with van der Waals surface area (Å²) in [4.78, 5) is 34.6. The third-order valence-electron chi connectivity index (χ3n) is 6.59. The fraction of sp³-hybridized carbons (Fsp3) is 0.357. The van der Waals surface area contributed by atoms with Crippen LogP contribution in [0.2, 0.25) is 0 Å². The van der Waals surface area contributed by atoms with E-state index in [0.717, 1.165) is 43.9 Å². The highest BCUT2D eigenvalue weighted by atomic mass is 19.4. The van der Waals surface area contributed by atoms with Crippen LogP contribution in [0, 0.1) is 0 Å². The number of likely N-dealkylation sites (N-methyl/N-ethyl adjacent to an activating group) is 1. The Morgan fingerprint density at radius 1 is 0.947 bits per heavy atom. The number of anilines is 1. The molecular weight excluding hydrogens is 495 g/mol. The van der Waals surface area contributed by atoms with Crippen molar-refractivity contribution in [2.45, 2.75) is 13.1 Å². The number of hydrogen-bond acceptors (Lipinski definition) is 4. The van der Waals surface area contributed by atoms with Crippen LogP contribution in [0.1, 0.15) is 22.8 Å². The highest BCUT2D eigenvalue weighted by molar-refractivity contribution is 6.02. The Kier molecular flexibility index (Phi) is 8.23. The first-order valence-corrected chi connectivity index (χ1v) is 12.5. The summed E-state index contributed by atoms with van der Waals surface area (Å²) in [7, 11) is 4.06. The number of alkyl halides is 3. The van der Waals surface area contributed by atoms with Crippen molar-refractivity contribution < 1.29 is 22.8 Å². The van der Waals surface area contributed by atoms with Crippen molar-refractivity contribution in [2.75, 3.05) is 58.7 Å². The van der Waals surface area contributed by atoms with Gasteiger partial charge in [-0.2, -0.15) is 13.2 Å². The smallest absolute Gasteiger partial charge is 0.354 e. The van der Waals surface area contributed by atoms with Gasteiger partial charge in [-0.3, -0.25) is 14.5 Å². The summed E-state index contributed by atoms with van der Waals surface area (Å²) in [5.41, 5.74) is 2.74. The van der Waals surface area contributed by atoms with E-state index in [2.05, 4.69) is 20.1 Å². The first-order chi connectivity index (χ1) is 18.0. The van der Waals surface area contributed by atoms with E-state index >= 15 is 0 Å². The summed E-state index contributed by atoms with van der Waals surface area (Å²) in [5, 5.41) is 2.72. The van der Waals surface area contributed by atoms with E-state index in [-0.39, 0.29) is 11.8 Å². The second-order valence-electron chi connectivity index (χ2n) is 9.74. The van der Waals surface area contributed by atoms with Crippen LogP contribution in [-0.4, -0.2) is 84.9 Å². The fourth-order valence-corrected chi connectivity index (χ4v) is 4.46. The van der Waals surface area contributed by atoms with Crippen LogP contribution in [0.3, 0.4) is 0 Å². The molecule has 202 valence electrons. The van der Waals surface area contributed by atoms with Crippen LogP contribution in [-0.2, 0) is 11.0 Å². The number of nitrogens with one attached hydrogen (secondary N) is 2. The molecule has 2 heterocycles.